The number of pyridine rings is 1. The molecule has 0 bridgehead atoms. The predicted octanol–water partition coefficient (Wildman–Crippen LogP) is 1.63. The molecule has 1 atom stereocenters. The summed E-state index contributed by atoms with van der Waals surface area (Å²) in [7, 11) is 0. The van der Waals surface area contributed by atoms with Gasteiger partial charge in [0.25, 0.3) is 5.91 Å². The van der Waals surface area contributed by atoms with Crippen LogP contribution in [0.25, 0.3) is 5.52 Å². The Morgan fingerprint density at radius 2 is 2.25 bits per heavy atom. The van der Waals surface area contributed by atoms with Crippen LogP contribution in [0.4, 0.5) is 0 Å². The lowest BCUT2D eigenvalue weighted by Crippen LogP contribution is -2.54. The van der Waals surface area contributed by atoms with Gasteiger partial charge < -0.3 is 14.8 Å². The molecule has 104 valence electrons. The highest BCUT2D eigenvalue weighted by atomic mass is 32.2. The van der Waals surface area contributed by atoms with Crippen LogP contribution in [-0.2, 0) is 4.79 Å². The summed E-state index contributed by atoms with van der Waals surface area (Å²) < 4.78 is 1.84. The van der Waals surface area contributed by atoms with Crippen LogP contribution in [0.2, 0.25) is 0 Å². The fraction of sp³-hybridized carbons (Fsp3) is 0.286. The minimum atomic E-state index is -1.13. The van der Waals surface area contributed by atoms with E-state index in [9.17, 15) is 14.7 Å². The Morgan fingerprint density at radius 1 is 1.40 bits per heavy atom. The van der Waals surface area contributed by atoms with E-state index in [1.54, 1.807) is 24.0 Å². The molecule has 0 spiro atoms. The van der Waals surface area contributed by atoms with Gasteiger partial charge in [0.05, 0.1) is 5.56 Å². The number of carbonyl (C=O) groups excluding carboxylic acids is 1. The molecule has 1 aliphatic heterocycles. The molecule has 1 saturated heterocycles. The molecule has 5 nitrogen and oxygen atoms in total. The van der Waals surface area contributed by atoms with E-state index in [1.807, 2.05) is 28.8 Å². The lowest BCUT2D eigenvalue weighted by atomic mass is 9.99. The van der Waals surface area contributed by atoms with Gasteiger partial charge in [0.15, 0.2) is 0 Å². The lowest BCUT2D eigenvalue weighted by molar-refractivity contribution is -0.143. The van der Waals surface area contributed by atoms with E-state index in [0.717, 1.165) is 11.3 Å². The van der Waals surface area contributed by atoms with Crippen LogP contribution < -0.4 is 5.32 Å². The summed E-state index contributed by atoms with van der Waals surface area (Å²) in [5, 5.41) is 12.1. The molecule has 0 aliphatic carbocycles. The van der Waals surface area contributed by atoms with E-state index in [-0.39, 0.29) is 5.91 Å². The van der Waals surface area contributed by atoms with Crippen molar-refractivity contribution in [3.8, 4) is 0 Å². The fourth-order valence-electron chi connectivity index (χ4n) is 2.35. The minimum Gasteiger partial charge on any atom is -0.479 e. The van der Waals surface area contributed by atoms with Crippen molar-refractivity contribution < 1.29 is 14.7 Å². The Balaban J connectivity index is 1.87. The third kappa shape index (κ3) is 2.16. The van der Waals surface area contributed by atoms with Crippen LogP contribution in [0, 0.1) is 0 Å². The topological polar surface area (TPSA) is 70.8 Å². The molecule has 1 amide bonds. The predicted molar refractivity (Wildman–Crippen MR) is 77.2 cm³/mol. The average Bonchev–Trinajstić information content (AvgIpc) is 3.05. The zero-order valence-electron chi connectivity index (χ0n) is 10.7. The van der Waals surface area contributed by atoms with Gasteiger partial charge in [-0.3, -0.25) is 4.79 Å². The summed E-state index contributed by atoms with van der Waals surface area (Å²) in [6, 6.07) is 7.42. The van der Waals surface area contributed by atoms with Crippen molar-refractivity contribution in [2.24, 2.45) is 0 Å². The smallest absolute Gasteiger partial charge is 0.330 e. The van der Waals surface area contributed by atoms with Crippen molar-refractivity contribution in [3.63, 3.8) is 0 Å². The second-order valence-electron chi connectivity index (χ2n) is 4.91. The molecule has 2 aromatic rings. The monoisotopic (exact) mass is 290 g/mol. The maximum absolute atomic E-state index is 12.3. The molecule has 3 heterocycles. The Kier molecular flexibility index (Phi) is 3.17. The third-order valence-electron chi connectivity index (χ3n) is 3.55. The maximum Gasteiger partial charge on any atom is 0.330 e. The average molecular weight is 290 g/mol. The van der Waals surface area contributed by atoms with E-state index >= 15 is 0 Å². The number of hydrogen-bond donors (Lipinski definition) is 2. The summed E-state index contributed by atoms with van der Waals surface area (Å²) in [5.41, 5.74) is 0.257. The first-order valence-corrected chi connectivity index (χ1v) is 7.47. The van der Waals surface area contributed by atoms with Crippen molar-refractivity contribution in [2.75, 3.05) is 11.5 Å². The van der Waals surface area contributed by atoms with Gasteiger partial charge in [0.1, 0.15) is 5.54 Å². The third-order valence-corrected chi connectivity index (χ3v) is 4.74. The molecule has 2 aromatic heterocycles. The number of carboxylic acid groups (broad SMARTS) is 1. The van der Waals surface area contributed by atoms with Crippen LogP contribution in [0.1, 0.15) is 16.8 Å². The molecular weight excluding hydrogens is 276 g/mol. The Hall–Kier alpha value is -1.95. The highest BCUT2D eigenvalue weighted by Gasteiger charge is 2.43. The van der Waals surface area contributed by atoms with E-state index < -0.39 is 11.5 Å². The van der Waals surface area contributed by atoms with Gasteiger partial charge in [-0.2, -0.15) is 11.8 Å². The van der Waals surface area contributed by atoms with E-state index in [1.165, 1.54) is 0 Å². The summed E-state index contributed by atoms with van der Waals surface area (Å²) >= 11 is 1.55. The van der Waals surface area contributed by atoms with Gasteiger partial charge >= 0.3 is 5.97 Å². The molecule has 1 unspecified atom stereocenters. The fourth-order valence-corrected chi connectivity index (χ4v) is 3.68. The van der Waals surface area contributed by atoms with Crippen molar-refractivity contribution in [1.82, 2.24) is 9.72 Å². The molecule has 1 fully saturated rings. The number of carbonyl (C=O) groups is 2. The molecule has 1 aliphatic rings. The quantitative estimate of drug-likeness (QED) is 0.901. The van der Waals surface area contributed by atoms with Crippen molar-refractivity contribution >= 4 is 29.2 Å². The number of aliphatic carboxylic acids is 1. The summed E-state index contributed by atoms with van der Waals surface area (Å²) in [6.07, 6.45) is 4.03. The van der Waals surface area contributed by atoms with Gasteiger partial charge in [-0.25, -0.2) is 4.79 Å². The number of fused-ring (bicyclic) bond motifs is 1. The van der Waals surface area contributed by atoms with Crippen molar-refractivity contribution in [1.29, 1.82) is 0 Å². The largest absolute Gasteiger partial charge is 0.479 e. The SMILES string of the molecule is O=C(NC1(C(=O)O)CCSC1)c1cc2ccccn2c1. The lowest BCUT2D eigenvalue weighted by Gasteiger charge is -2.24. The summed E-state index contributed by atoms with van der Waals surface area (Å²) in [6.45, 7) is 0. The summed E-state index contributed by atoms with van der Waals surface area (Å²) in [5.74, 6) is -0.121. The first kappa shape index (κ1) is 13.1. The Morgan fingerprint density at radius 3 is 2.90 bits per heavy atom. The summed E-state index contributed by atoms with van der Waals surface area (Å²) in [4.78, 5) is 23.7. The zero-order chi connectivity index (χ0) is 14.2. The number of rotatable bonds is 3. The minimum absolute atomic E-state index is 0.335. The highest BCUT2D eigenvalue weighted by molar-refractivity contribution is 7.99. The maximum atomic E-state index is 12.3. The van der Waals surface area contributed by atoms with Gasteiger partial charge in [0.2, 0.25) is 0 Å². The second-order valence-corrected chi connectivity index (χ2v) is 6.01. The van der Waals surface area contributed by atoms with Crippen LogP contribution >= 0.6 is 11.8 Å². The molecule has 3 rings (SSSR count). The van der Waals surface area contributed by atoms with E-state index in [2.05, 4.69) is 5.32 Å². The van der Waals surface area contributed by atoms with Crippen LogP contribution in [-0.4, -0.2) is 38.4 Å². The molecule has 0 aromatic carbocycles. The zero-order valence-corrected chi connectivity index (χ0v) is 11.5. The number of carboxylic acids is 1. The van der Waals surface area contributed by atoms with E-state index in [0.29, 0.717) is 17.7 Å². The Labute approximate surface area is 120 Å². The second kappa shape index (κ2) is 4.86. The van der Waals surface area contributed by atoms with Crippen LogP contribution in [0.15, 0.2) is 36.7 Å². The van der Waals surface area contributed by atoms with Gasteiger partial charge in [-0.05, 0) is 30.4 Å². The number of hydrogen-bond acceptors (Lipinski definition) is 3. The van der Waals surface area contributed by atoms with Crippen LogP contribution in [0.5, 0.6) is 0 Å². The number of thioether (sulfide) groups is 1. The standard InChI is InChI=1S/C14H14N2O3S/c17-12(15-14(13(18)19)4-6-20-9-14)10-7-11-3-1-2-5-16(11)8-10/h1-3,5,7-8H,4,6,9H2,(H,15,17)(H,18,19). The first-order chi connectivity index (χ1) is 9.61. The van der Waals surface area contributed by atoms with Gasteiger partial charge in [0, 0.05) is 23.7 Å². The normalized spacial score (nSPS) is 22.0. The van der Waals surface area contributed by atoms with Gasteiger partial charge in [-0.15, -0.1) is 0 Å². The number of aromatic nitrogens is 1. The number of amides is 1. The van der Waals surface area contributed by atoms with E-state index in [4.69, 9.17) is 0 Å². The first-order valence-electron chi connectivity index (χ1n) is 6.31. The van der Waals surface area contributed by atoms with Crippen molar-refractivity contribution in [2.45, 2.75) is 12.0 Å². The molecule has 2 N–H and O–H groups in total. The molecular formula is C14H14N2O3S. The van der Waals surface area contributed by atoms with Gasteiger partial charge in [-0.1, -0.05) is 6.07 Å². The highest BCUT2D eigenvalue weighted by Crippen LogP contribution is 2.28. The molecule has 0 saturated carbocycles. The Bertz CT molecular complexity index is 641. The number of nitrogens with zero attached hydrogens (tertiary/aromatic N) is 1. The molecule has 6 heteroatoms. The van der Waals surface area contributed by atoms with Crippen molar-refractivity contribution in [3.05, 3.63) is 42.2 Å². The molecule has 0 radical (unpaired) electrons. The number of nitrogens with one attached hydrogen (secondary N) is 1. The molecule has 20 heavy (non-hydrogen) atoms. The van der Waals surface area contributed by atoms with Crippen LogP contribution in [0.3, 0.4) is 0 Å².